The topological polar surface area (TPSA) is 75.7 Å². The third-order valence-electron chi connectivity index (χ3n) is 4.24. The average molecular weight is 443 g/mol. The summed E-state index contributed by atoms with van der Waals surface area (Å²) in [5.41, 5.74) is 0.637. The number of hydrogen-bond donors (Lipinski definition) is 1. The molecule has 0 saturated carbocycles. The molecule has 1 aliphatic heterocycles. The minimum Gasteiger partial charge on any atom is -0.373 e. The van der Waals surface area contributed by atoms with E-state index in [2.05, 4.69) is 5.32 Å². The van der Waals surface area contributed by atoms with Gasteiger partial charge in [-0.3, -0.25) is 4.79 Å². The second kappa shape index (κ2) is 8.39. The lowest BCUT2D eigenvalue weighted by Gasteiger charge is -2.34. The number of anilines is 1. The summed E-state index contributed by atoms with van der Waals surface area (Å²) in [6, 6.07) is 10.6. The Kier molecular flexibility index (Phi) is 6.31. The van der Waals surface area contributed by atoms with Crippen molar-refractivity contribution in [3.05, 3.63) is 58.1 Å². The van der Waals surface area contributed by atoms with Gasteiger partial charge in [0.15, 0.2) is 0 Å². The average Bonchev–Trinajstić information content (AvgIpc) is 2.60. The van der Waals surface area contributed by atoms with E-state index in [1.807, 2.05) is 13.8 Å². The molecule has 1 saturated heterocycles. The molecule has 2 atom stereocenters. The predicted molar refractivity (Wildman–Crippen MR) is 110 cm³/mol. The minimum atomic E-state index is -3.74. The molecule has 9 heteroatoms. The highest BCUT2D eigenvalue weighted by Crippen LogP contribution is 2.24. The van der Waals surface area contributed by atoms with Gasteiger partial charge in [-0.25, -0.2) is 8.42 Å². The molecule has 0 aliphatic carbocycles. The highest BCUT2D eigenvalue weighted by molar-refractivity contribution is 7.89. The van der Waals surface area contributed by atoms with Gasteiger partial charge in [-0.15, -0.1) is 0 Å². The van der Waals surface area contributed by atoms with Crippen LogP contribution in [0.5, 0.6) is 0 Å². The second-order valence-corrected chi connectivity index (χ2v) is 9.53. The van der Waals surface area contributed by atoms with Crippen molar-refractivity contribution in [3.63, 3.8) is 0 Å². The molecule has 1 aliphatic rings. The summed E-state index contributed by atoms with van der Waals surface area (Å²) < 4.78 is 33.0. The molecule has 1 amide bonds. The van der Waals surface area contributed by atoms with Crippen molar-refractivity contribution >= 4 is 44.8 Å². The van der Waals surface area contributed by atoms with Crippen LogP contribution in [-0.2, 0) is 14.8 Å². The first-order chi connectivity index (χ1) is 13.1. The first kappa shape index (κ1) is 21.1. The zero-order valence-electron chi connectivity index (χ0n) is 15.4. The van der Waals surface area contributed by atoms with Crippen molar-refractivity contribution in [2.45, 2.75) is 31.0 Å². The highest BCUT2D eigenvalue weighted by Gasteiger charge is 2.32. The van der Waals surface area contributed by atoms with Crippen LogP contribution in [-0.4, -0.2) is 43.9 Å². The van der Waals surface area contributed by atoms with E-state index < -0.39 is 15.9 Å². The van der Waals surface area contributed by atoms with E-state index in [0.717, 1.165) is 0 Å². The van der Waals surface area contributed by atoms with E-state index in [0.29, 0.717) is 15.7 Å². The summed E-state index contributed by atoms with van der Waals surface area (Å²) in [5, 5.41) is 3.44. The van der Waals surface area contributed by atoms with Crippen molar-refractivity contribution < 1.29 is 17.9 Å². The van der Waals surface area contributed by atoms with Gasteiger partial charge in [0.1, 0.15) is 0 Å². The fourth-order valence-corrected chi connectivity index (χ4v) is 5.27. The van der Waals surface area contributed by atoms with Crippen LogP contribution in [0.15, 0.2) is 47.4 Å². The van der Waals surface area contributed by atoms with Gasteiger partial charge < -0.3 is 10.1 Å². The maximum atomic E-state index is 13.0. The van der Waals surface area contributed by atoms with E-state index >= 15 is 0 Å². The quantitative estimate of drug-likeness (QED) is 0.774. The molecule has 3 rings (SSSR count). The van der Waals surface area contributed by atoms with Crippen molar-refractivity contribution in [2.24, 2.45) is 0 Å². The number of halogens is 2. The molecule has 28 heavy (non-hydrogen) atoms. The Morgan fingerprint density at radius 1 is 1.07 bits per heavy atom. The number of rotatable bonds is 4. The zero-order chi connectivity index (χ0) is 20.5. The molecule has 0 radical (unpaired) electrons. The van der Waals surface area contributed by atoms with Gasteiger partial charge in [-0.05, 0) is 50.2 Å². The van der Waals surface area contributed by atoms with Crippen LogP contribution in [0.2, 0.25) is 10.0 Å². The number of amides is 1. The minimum absolute atomic E-state index is 0.0607. The number of benzene rings is 2. The Morgan fingerprint density at radius 3 is 2.29 bits per heavy atom. The summed E-state index contributed by atoms with van der Waals surface area (Å²) in [5.74, 6) is -0.459. The zero-order valence-corrected chi connectivity index (χ0v) is 17.7. The maximum absolute atomic E-state index is 13.0. The molecule has 1 N–H and O–H groups in total. The molecule has 2 aromatic carbocycles. The lowest BCUT2D eigenvalue weighted by atomic mass is 10.2. The van der Waals surface area contributed by atoms with Crippen LogP contribution in [0.4, 0.5) is 5.69 Å². The Balaban J connectivity index is 1.84. The molecule has 0 unspecified atom stereocenters. The van der Waals surface area contributed by atoms with Gasteiger partial charge >= 0.3 is 0 Å². The predicted octanol–water partition coefficient (Wildman–Crippen LogP) is 4.04. The standard InChI is InChI=1S/C19H20Cl2N2O4S/c1-12-10-23(11-13(2)27-12)28(25,26)18-5-3-4-14(6-18)19(24)22-17-8-15(20)7-16(21)9-17/h3-9,12-13H,10-11H2,1-2H3,(H,22,24)/t12-,13-/m1/s1. The Bertz CT molecular complexity index is 967. The highest BCUT2D eigenvalue weighted by atomic mass is 35.5. The number of nitrogens with zero attached hydrogens (tertiary/aromatic N) is 1. The van der Waals surface area contributed by atoms with Gasteiger partial charge in [-0.2, -0.15) is 4.31 Å². The van der Waals surface area contributed by atoms with Crippen LogP contribution in [0, 0.1) is 0 Å². The Morgan fingerprint density at radius 2 is 1.68 bits per heavy atom. The summed E-state index contributed by atoms with van der Waals surface area (Å²) in [4.78, 5) is 12.6. The fourth-order valence-electron chi connectivity index (χ4n) is 3.10. The Labute approximate surface area is 174 Å². The van der Waals surface area contributed by atoms with Gasteiger partial charge in [0.2, 0.25) is 10.0 Å². The van der Waals surface area contributed by atoms with Crippen LogP contribution < -0.4 is 5.32 Å². The lowest BCUT2D eigenvalue weighted by molar-refractivity contribution is -0.0440. The number of hydrogen-bond acceptors (Lipinski definition) is 4. The molecule has 150 valence electrons. The first-order valence-corrected chi connectivity index (χ1v) is 10.9. The number of sulfonamides is 1. The van der Waals surface area contributed by atoms with Gasteiger partial charge in [0, 0.05) is 34.4 Å². The number of ether oxygens (including phenoxy) is 1. The van der Waals surface area contributed by atoms with Crippen LogP contribution >= 0.6 is 23.2 Å². The maximum Gasteiger partial charge on any atom is 0.255 e. The fraction of sp³-hybridized carbons (Fsp3) is 0.316. The van der Waals surface area contributed by atoms with E-state index in [1.165, 1.54) is 16.4 Å². The Hall–Kier alpha value is -1.64. The molecule has 6 nitrogen and oxygen atoms in total. The first-order valence-electron chi connectivity index (χ1n) is 8.68. The molecule has 2 aromatic rings. The van der Waals surface area contributed by atoms with E-state index in [4.69, 9.17) is 27.9 Å². The summed E-state index contributed by atoms with van der Waals surface area (Å²) in [6.45, 7) is 4.20. The largest absolute Gasteiger partial charge is 0.373 e. The van der Waals surface area contributed by atoms with Crippen LogP contribution in [0.3, 0.4) is 0 Å². The van der Waals surface area contributed by atoms with Gasteiger partial charge in [0.05, 0.1) is 17.1 Å². The molecular weight excluding hydrogens is 423 g/mol. The molecule has 0 spiro atoms. The molecule has 0 aromatic heterocycles. The monoisotopic (exact) mass is 442 g/mol. The number of nitrogens with one attached hydrogen (secondary N) is 1. The lowest BCUT2D eigenvalue weighted by Crippen LogP contribution is -2.48. The molecule has 0 bridgehead atoms. The van der Waals surface area contributed by atoms with Crippen molar-refractivity contribution in [1.82, 2.24) is 4.31 Å². The SMILES string of the molecule is C[C@@H]1CN(S(=O)(=O)c2cccc(C(=O)Nc3cc(Cl)cc(Cl)c3)c2)C[C@@H](C)O1. The summed E-state index contributed by atoms with van der Waals surface area (Å²) in [7, 11) is -3.74. The van der Waals surface area contributed by atoms with Crippen molar-refractivity contribution in [2.75, 3.05) is 18.4 Å². The van der Waals surface area contributed by atoms with Crippen molar-refractivity contribution in [1.29, 1.82) is 0 Å². The molecule has 1 heterocycles. The van der Waals surface area contributed by atoms with Crippen molar-refractivity contribution in [3.8, 4) is 0 Å². The third-order valence-corrected chi connectivity index (χ3v) is 6.50. The third kappa shape index (κ3) is 4.85. The number of carbonyl (C=O) groups excluding carboxylic acids is 1. The van der Waals surface area contributed by atoms with E-state index in [-0.39, 0.29) is 35.8 Å². The van der Waals surface area contributed by atoms with Gasteiger partial charge in [0.25, 0.3) is 5.91 Å². The van der Waals surface area contributed by atoms with Crippen LogP contribution in [0.1, 0.15) is 24.2 Å². The van der Waals surface area contributed by atoms with E-state index in [9.17, 15) is 13.2 Å². The normalized spacial score (nSPS) is 20.7. The second-order valence-electron chi connectivity index (χ2n) is 6.72. The summed E-state index contributed by atoms with van der Waals surface area (Å²) >= 11 is 11.9. The number of carbonyl (C=O) groups is 1. The summed E-state index contributed by atoms with van der Waals surface area (Å²) in [6.07, 6.45) is -0.393. The molecule has 1 fully saturated rings. The van der Waals surface area contributed by atoms with Crippen LogP contribution in [0.25, 0.3) is 0 Å². The molecular formula is C19H20Cl2N2O4S. The van der Waals surface area contributed by atoms with E-state index in [1.54, 1.807) is 30.3 Å². The number of morpholine rings is 1. The van der Waals surface area contributed by atoms with Gasteiger partial charge in [-0.1, -0.05) is 29.3 Å². The smallest absolute Gasteiger partial charge is 0.255 e.